The highest BCUT2D eigenvalue weighted by Crippen LogP contribution is 2.18. The van der Waals surface area contributed by atoms with Crippen LogP contribution >= 0.6 is 0 Å². The molecular formula is C16H24N2O. The van der Waals surface area contributed by atoms with Crippen molar-refractivity contribution in [2.45, 2.75) is 45.7 Å². The molecule has 0 aliphatic carbocycles. The van der Waals surface area contributed by atoms with Gasteiger partial charge in [0.05, 0.1) is 6.04 Å². The average Bonchev–Trinajstić information content (AvgIpc) is 2.92. The van der Waals surface area contributed by atoms with Gasteiger partial charge in [-0.05, 0) is 44.7 Å². The van der Waals surface area contributed by atoms with Crippen molar-refractivity contribution in [1.82, 2.24) is 10.2 Å². The number of carbonyl (C=O) groups excluding carboxylic acids is 1. The van der Waals surface area contributed by atoms with E-state index in [0.717, 1.165) is 25.9 Å². The normalized spacial score (nSPS) is 18.4. The zero-order valence-electron chi connectivity index (χ0n) is 12.1. The lowest BCUT2D eigenvalue weighted by Gasteiger charge is -2.25. The number of nitrogens with one attached hydrogen (secondary N) is 1. The first kappa shape index (κ1) is 14.1. The van der Waals surface area contributed by atoms with Crippen LogP contribution in [0.1, 0.15) is 43.9 Å². The predicted molar refractivity (Wildman–Crippen MR) is 78.0 cm³/mol. The average molecular weight is 260 g/mol. The molecule has 0 aromatic heterocycles. The van der Waals surface area contributed by atoms with Crippen molar-refractivity contribution in [2.24, 2.45) is 0 Å². The maximum atomic E-state index is 12.3. The molecule has 0 saturated carbocycles. The van der Waals surface area contributed by atoms with Crippen molar-refractivity contribution in [3.05, 3.63) is 35.4 Å². The zero-order chi connectivity index (χ0) is 13.8. The molecule has 1 aliphatic rings. The van der Waals surface area contributed by atoms with Gasteiger partial charge in [-0.15, -0.1) is 0 Å². The number of aryl methyl sites for hydroxylation is 1. The summed E-state index contributed by atoms with van der Waals surface area (Å²) in [5.74, 6) is 0.234. The Morgan fingerprint density at radius 3 is 2.47 bits per heavy atom. The van der Waals surface area contributed by atoms with Crippen LogP contribution in [0.4, 0.5) is 0 Å². The van der Waals surface area contributed by atoms with E-state index in [4.69, 9.17) is 0 Å². The number of carbonyl (C=O) groups is 1. The van der Waals surface area contributed by atoms with Crippen molar-refractivity contribution in [1.29, 1.82) is 0 Å². The zero-order valence-corrected chi connectivity index (χ0v) is 12.1. The number of benzene rings is 1. The second-order valence-electron chi connectivity index (χ2n) is 5.50. The van der Waals surface area contributed by atoms with Gasteiger partial charge in [-0.1, -0.05) is 24.3 Å². The first-order chi connectivity index (χ1) is 9.09. The van der Waals surface area contributed by atoms with Crippen LogP contribution in [0, 0.1) is 6.92 Å². The fraction of sp³-hybridized carbons (Fsp3) is 0.562. The van der Waals surface area contributed by atoms with E-state index in [1.807, 2.05) is 24.0 Å². The summed E-state index contributed by atoms with van der Waals surface area (Å²) in [6.07, 6.45) is 2.29. The van der Waals surface area contributed by atoms with Crippen LogP contribution in [-0.2, 0) is 4.79 Å². The van der Waals surface area contributed by atoms with Gasteiger partial charge in [0, 0.05) is 19.1 Å². The monoisotopic (exact) mass is 260 g/mol. The molecule has 104 valence electrons. The van der Waals surface area contributed by atoms with E-state index >= 15 is 0 Å². The molecule has 0 radical (unpaired) electrons. The Bertz CT molecular complexity index is 438. The minimum Gasteiger partial charge on any atom is -0.341 e. The standard InChI is InChI=1S/C16H24N2O/c1-12-8-4-5-9-15(12)13(2)17-14(3)16(19)18-10-6-7-11-18/h4-5,8-9,13-14,17H,6-7,10-11H2,1-3H3/t13-,14?/m1/s1. The van der Waals surface area contributed by atoms with Crippen molar-refractivity contribution in [2.75, 3.05) is 13.1 Å². The molecule has 1 heterocycles. The molecule has 1 amide bonds. The molecule has 2 rings (SSSR count). The van der Waals surface area contributed by atoms with E-state index in [-0.39, 0.29) is 18.0 Å². The summed E-state index contributed by atoms with van der Waals surface area (Å²) >= 11 is 0. The molecule has 2 atom stereocenters. The molecule has 1 aromatic rings. The van der Waals surface area contributed by atoms with Gasteiger partial charge in [0.1, 0.15) is 0 Å². The van der Waals surface area contributed by atoms with E-state index in [1.165, 1.54) is 11.1 Å². The summed E-state index contributed by atoms with van der Waals surface area (Å²) in [5.41, 5.74) is 2.53. The molecule has 1 unspecified atom stereocenters. The lowest BCUT2D eigenvalue weighted by molar-refractivity contribution is -0.132. The Morgan fingerprint density at radius 1 is 1.21 bits per heavy atom. The summed E-state index contributed by atoms with van der Waals surface area (Å²) in [7, 11) is 0. The van der Waals surface area contributed by atoms with Gasteiger partial charge in [-0.25, -0.2) is 0 Å². The van der Waals surface area contributed by atoms with E-state index in [0.29, 0.717) is 0 Å². The van der Waals surface area contributed by atoms with Crippen molar-refractivity contribution in [3.8, 4) is 0 Å². The summed E-state index contributed by atoms with van der Waals surface area (Å²) in [6, 6.07) is 8.41. The quantitative estimate of drug-likeness (QED) is 0.902. The topological polar surface area (TPSA) is 32.3 Å². The molecule has 0 spiro atoms. The maximum absolute atomic E-state index is 12.3. The summed E-state index contributed by atoms with van der Waals surface area (Å²) < 4.78 is 0. The molecule has 19 heavy (non-hydrogen) atoms. The van der Waals surface area contributed by atoms with Crippen LogP contribution < -0.4 is 5.32 Å². The van der Waals surface area contributed by atoms with Crippen LogP contribution in [0.3, 0.4) is 0 Å². The smallest absolute Gasteiger partial charge is 0.239 e. The Kier molecular flexibility index (Phi) is 4.59. The molecule has 3 heteroatoms. The minimum atomic E-state index is -0.118. The third kappa shape index (κ3) is 3.35. The Hall–Kier alpha value is -1.35. The molecular weight excluding hydrogens is 236 g/mol. The Morgan fingerprint density at radius 2 is 1.84 bits per heavy atom. The van der Waals surface area contributed by atoms with E-state index in [2.05, 4.69) is 31.3 Å². The molecule has 1 aliphatic heterocycles. The van der Waals surface area contributed by atoms with Crippen LogP contribution in [-0.4, -0.2) is 29.9 Å². The third-order valence-corrected chi connectivity index (χ3v) is 3.94. The minimum absolute atomic E-state index is 0.118. The number of hydrogen-bond acceptors (Lipinski definition) is 2. The molecule has 1 saturated heterocycles. The van der Waals surface area contributed by atoms with Crippen LogP contribution in [0.15, 0.2) is 24.3 Å². The highest BCUT2D eigenvalue weighted by molar-refractivity contribution is 5.81. The molecule has 1 N–H and O–H groups in total. The molecule has 0 bridgehead atoms. The lowest BCUT2D eigenvalue weighted by atomic mass is 10.0. The Labute approximate surface area is 116 Å². The highest BCUT2D eigenvalue weighted by Gasteiger charge is 2.24. The summed E-state index contributed by atoms with van der Waals surface area (Å²) in [6.45, 7) is 8.04. The summed E-state index contributed by atoms with van der Waals surface area (Å²) in [4.78, 5) is 14.2. The Balaban J connectivity index is 1.96. The fourth-order valence-corrected chi connectivity index (χ4v) is 2.82. The van der Waals surface area contributed by atoms with Gasteiger partial charge in [-0.2, -0.15) is 0 Å². The number of rotatable bonds is 4. The van der Waals surface area contributed by atoms with Gasteiger partial charge < -0.3 is 4.90 Å². The van der Waals surface area contributed by atoms with Gasteiger partial charge in [0.25, 0.3) is 0 Å². The van der Waals surface area contributed by atoms with Crippen LogP contribution in [0.5, 0.6) is 0 Å². The predicted octanol–water partition coefficient (Wildman–Crippen LogP) is 2.66. The van der Waals surface area contributed by atoms with Crippen molar-refractivity contribution >= 4 is 5.91 Å². The molecule has 3 nitrogen and oxygen atoms in total. The second kappa shape index (κ2) is 6.20. The first-order valence-corrected chi connectivity index (χ1v) is 7.20. The second-order valence-corrected chi connectivity index (χ2v) is 5.50. The number of nitrogens with zero attached hydrogens (tertiary/aromatic N) is 1. The van der Waals surface area contributed by atoms with E-state index in [9.17, 15) is 4.79 Å². The van der Waals surface area contributed by atoms with Gasteiger partial charge in [-0.3, -0.25) is 10.1 Å². The maximum Gasteiger partial charge on any atom is 0.239 e. The van der Waals surface area contributed by atoms with Crippen molar-refractivity contribution < 1.29 is 4.79 Å². The SMILES string of the molecule is Cc1ccccc1[C@@H](C)NC(C)C(=O)N1CCCC1. The summed E-state index contributed by atoms with van der Waals surface area (Å²) in [5, 5.41) is 3.42. The van der Waals surface area contributed by atoms with E-state index in [1.54, 1.807) is 0 Å². The molecule has 1 aromatic carbocycles. The number of amides is 1. The largest absolute Gasteiger partial charge is 0.341 e. The van der Waals surface area contributed by atoms with Gasteiger partial charge >= 0.3 is 0 Å². The van der Waals surface area contributed by atoms with Crippen molar-refractivity contribution in [3.63, 3.8) is 0 Å². The fourth-order valence-electron chi connectivity index (χ4n) is 2.82. The molecule has 1 fully saturated rings. The first-order valence-electron chi connectivity index (χ1n) is 7.20. The number of hydrogen-bond donors (Lipinski definition) is 1. The lowest BCUT2D eigenvalue weighted by Crippen LogP contribution is -2.44. The van der Waals surface area contributed by atoms with E-state index < -0.39 is 0 Å². The highest BCUT2D eigenvalue weighted by atomic mass is 16.2. The number of likely N-dealkylation sites (tertiary alicyclic amines) is 1. The van der Waals surface area contributed by atoms with Crippen LogP contribution in [0.25, 0.3) is 0 Å². The van der Waals surface area contributed by atoms with Gasteiger partial charge in [0.15, 0.2) is 0 Å². The van der Waals surface area contributed by atoms with Crippen LogP contribution in [0.2, 0.25) is 0 Å². The van der Waals surface area contributed by atoms with Gasteiger partial charge in [0.2, 0.25) is 5.91 Å². The third-order valence-electron chi connectivity index (χ3n) is 3.94.